The molecule has 0 fully saturated rings. The maximum Gasteiger partial charge on any atom is 0.276 e. The minimum Gasteiger partial charge on any atom is -0.494 e. The van der Waals surface area contributed by atoms with Gasteiger partial charge in [-0.05, 0) is 46.1 Å². The summed E-state index contributed by atoms with van der Waals surface area (Å²) in [4.78, 5) is 31.3. The molecule has 3 N–H and O–H groups in total. The normalized spacial score (nSPS) is 11.3. The third kappa shape index (κ3) is 4.13. The van der Waals surface area contributed by atoms with Crippen LogP contribution in [0, 0.1) is 6.92 Å². The molecule has 0 aliphatic rings. The van der Waals surface area contributed by atoms with Crippen LogP contribution in [0.25, 0.3) is 11.0 Å². The zero-order valence-corrected chi connectivity index (χ0v) is 17.9. The van der Waals surface area contributed by atoms with Crippen LogP contribution < -0.4 is 15.8 Å². The second-order valence-corrected chi connectivity index (χ2v) is 7.24. The lowest BCUT2D eigenvalue weighted by Gasteiger charge is -2.15. The van der Waals surface area contributed by atoms with Gasteiger partial charge in [0.1, 0.15) is 17.0 Å². The van der Waals surface area contributed by atoms with Gasteiger partial charge in [-0.1, -0.05) is 0 Å². The molecule has 1 aromatic carbocycles. The van der Waals surface area contributed by atoms with E-state index in [1.807, 2.05) is 37.4 Å². The third-order valence-electron chi connectivity index (χ3n) is 4.74. The molecule has 10 nitrogen and oxygen atoms in total. The van der Waals surface area contributed by atoms with Crippen LogP contribution in [0.15, 0.2) is 18.2 Å². The van der Waals surface area contributed by atoms with Crippen molar-refractivity contribution in [3.05, 3.63) is 35.2 Å². The molecular formula is C20H27N7O3. The summed E-state index contributed by atoms with van der Waals surface area (Å²) < 4.78 is 9.01. The molecule has 30 heavy (non-hydrogen) atoms. The highest BCUT2D eigenvalue weighted by Crippen LogP contribution is 2.30. The Morgan fingerprint density at radius 1 is 1.27 bits per heavy atom. The number of hydrogen-bond donors (Lipinski definition) is 2. The number of hydrogen-bond acceptors (Lipinski definition) is 6. The van der Waals surface area contributed by atoms with Crippen LogP contribution in [0.5, 0.6) is 5.75 Å². The lowest BCUT2D eigenvalue weighted by Crippen LogP contribution is -2.23. The number of benzene rings is 1. The number of carbonyl (C=O) groups excluding carboxylic acids is 2. The van der Waals surface area contributed by atoms with Crippen LogP contribution in [0.4, 0.5) is 5.95 Å². The summed E-state index contributed by atoms with van der Waals surface area (Å²) in [5, 5.41) is 7.22. The Morgan fingerprint density at radius 3 is 2.60 bits per heavy atom. The summed E-state index contributed by atoms with van der Waals surface area (Å²) in [5.74, 6) is -0.0697. The van der Waals surface area contributed by atoms with Gasteiger partial charge in [0.05, 0.1) is 18.3 Å². The predicted molar refractivity (Wildman–Crippen MR) is 114 cm³/mol. The number of nitrogens with zero attached hydrogens (tertiary/aromatic N) is 5. The lowest BCUT2D eigenvalue weighted by atomic mass is 10.1. The standard InChI is InChI=1S/C20H27N7O3/c1-6-27-15(9-12(2)24-27)19(29)23-20-22-14-10-13(18(21)28)11-16(30-5)17(14)26(20)8-7-25(3)4/h9-11H,6-8H2,1-5H3,(H2,21,28)(H,22,23,29). The van der Waals surface area contributed by atoms with Crippen molar-refractivity contribution in [2.75, 3.05) is 33.1 Å². The Morgan fingerprint density at radius 2 is 2.00 bits per heavy atom. The van der Waals surface area contributed by atoms with Gasteiger partial charge in [-0.15, -0.1) is 0 Å². The average molecular weight is 413 g/mol. The first kappa shape index (κ1) is 21.3. The largest absolute Gasteiger partial charge is 0.494 e. The van der Waals surface area contributed by atoms with Crippen molar-refractivity contribution < 1.29 is 14.3 Å². The fraction of sp³-hybridized carbons (Fsp3) is 0.400. The molecule has 0 aliphatic heterocycles. The summed E-state index contributed by atoms with van der Waals surface area (Å²) in [6, 6.07) is 4.92. The highest BCUT2D eigenvalue weighted by molar-refractivity contribution is 6.04. The monoisotopic (exact) mass is 413 g/mol. The van der Waals surface area contributed by atoms with Gasteiger partial charge in [0, 0.05) is 25.2 Å². The summed E-state index contributed by atoms with van der Waals surface area (Å²) in [7, 11) is 5.44. The van der Waals surface area contributed by atoms with E-state index in [1.165, 1.54) is 7.11 Å². The van der Waals surface area contributed by atoms with Crippen LogP contribution in [-0.4, -0.2) is 63.8 Å². The van der Waals surface area contributed by atoms with E-state index < -0.39 is 5.91 Å². The number of fused-ring (bicyclic) bond motifs is 1. The number of likely N-dealkylation sites (N-methyl/N-ethyl adjacent to an activating group) is 1. The topological polar surface area (TPSA) is 120 Å². The van der Waals surface area contributed by atoms with Crippen molar-refractivity contribution in [3.8, 4) is 5.75 Å². The molecule has 0 saturated heterocycles. The van der Waals surface area contributed by atoms with E-state index in [9.17, 15) is 9.59 Å². The summed E-state index contributed by atoms with van der Waals surface area (Å²) in [6.07, 6.45) is 0. The van der Waals surface area contributed by atoms with Crippen molar-refractivity contribution in [3.63, 3.8) is 0 Å². The van der Waals surface area contributed by atoms with E-state index >= 15 is 0 Å². The molecule has 0 saturated carbocycles. The predicted octanol–water partition coefficient (Wildman–Crippen LogP) is 1.48. The molecule has 0 radical (unpaired) electrons. The minimum atomic E-state index is -0.578. The Hall–Kier alpha value is -3.40. The number of methoxy groups -OCH3 is 1. The second-order valence-electron chi connectivity index (χ2n) is 7.24. The Balaban J connectivity index is 2.10. The molecule has 2 heterocycles. The van der Waals surface area contributed by atoms with E-state index in [0.717, 1.165) is 5.69 Å². The molecule has 0 unspecified atom stereocenters. The molecule has 3 rings (SSSR count). The molecule has 160 valence electrons. The SMILES string of the molecule is CCn1nc(C)cc1C(=O)Nc1nc2cc(C(N)=O)cc(OC)c2n1CCN(C)C. The molecule has 0 atom stereocenters. The Bertz CT molecular complexity index is 1100. The maximum atomic E-state index is 13.0. The summed E-state index contributed by atoms with van der Waals surface area (Å²) in [5.41, 5.74) is 8.14. The first-order valence-electron chi connectivity index (χ1n) is 9.63. The van der Waals surface area contributed by atoms with Gasteiger partial charge in [-0.2, -0.15) is 5.10 Å². The van der Waals surface area contributed by atoms with Gasteiger partial charge in [0.25, 0.3) is 5.91 Å². The summed E-state index contributed by atoms with van der Waals surface area (Å²) in [6.45, 7) is 5.60. The van der Waals surface area contributed by atoms with Gasteiger partial charge < -0.3 is 19.9 Å². The number of aromatic nitrogens is 4. The number of ether oxygens (including phenoxy) is 1. The number of aryl methyl sites for hydroxylation is 2. The van der Waals surface area contributed by atoms with Crippen LogP contribution >= 0.6 is 0 Å². The fourth-order valence-electron chi connectivity index (χ4n) is 3.28. The van der Waals surface area contributed by atoms with Crippen LogP contribution in [0.1, 0.15) is 33.5 Å². The highest BCUT2D eigenvalue weighted by atomic mass is 16.5. The molecule has 10 heteroatoms. The minimum absolute atomic E-state index is 0.286. The molecule has 2 aromatic heterocycles. The van der Waals surface area contributed by atoms with Crippen LogP contribution in [-0.2, 0) is 13.1 Å². The number of rotatable bonds is 8. The van der Waals surface area contributed by atoms with E-state index in [-0.39, 0.29) is 11.5 Å². The number of nitrogens with one attached hydrogen (secondary N) is 1. The van der Waals surface area contributed by atoms with E-state index in [0.29, 0.717) is 48.1 Å². The number of carbonyl (C=O) groups is 2. The first-order valence-corrected chi connectivity index (χ1v) is 9.63. The fourth-order valence-corrected chi connectivity index (χ4v) is 3.28. The smallest absolute Gasteiger partial charge is 0.276 e. The van der Waals surface area contributed by atoms with Crippen molar-refractivity contribution >= 4 is 28.8 Å². The highest BCUT2D eigenvalue weighted by Gasteiger charge is 2.21. The van der Waals surface area contributed by atoms with Gasteiger partial charge >= 0.3 is 0 Å². The Kier molecular flexibility index (Phi) is 6.06. The summed E-state index contributed by atoms with van der Waals surface area (Å²) >= 11 is 0. The number of nitrogens with two attached hydrogens (primary N) is 1. The molecular weight excluding hydrogens is 386 g/mol. The molecule has 0 aliphatic carbocycles. The Labute approximate surface area is 174 Å². The third-order valence-corrected chi connectivity index (χ3v) is 4.74. The molecule has 0 spiro atoms. The maximum absolute atomic E-state index is 13.0. The van der Waals surface area contributed by atoms with Gasteiger partial charge in [-0.3, -0.25) is 19.6 Å². The van der Waals surface area contributed by atoms with Crippen LogP contribution in [0.3, 0.4) is 0 Å². The number of primary amides is 1. The van der Waals surface area contributed by atoms with Gasteiger partial charge in [0.2, 0.25) is 11.9 Å². The van der Waals surface area contributed by atoms with E-state index in [2.05, 4.69) is 15.4 Å². The average Bonchev–Trinajstić information content (AvgIpc) is 3.24. The molecule has 2 amide bonds. The van der Waals surface area contributed by atoms with Crippen molar-refractivity contribution in [1.82, 2.24) is 24.2 Å². The van der Waals surface area contributed by atoms with Gasteiger partial charge in [-0.25, -0.2) is 4.98 Å². The number of amides is 2. The van der Waals surface area contributed by atoms with Crippen molar-refractivity contribution in [1.29, 1.82) is 0 Å². The zero-order chi connectivity index (χ0) is 22.0. The van der Waals surface area contributed by atoms with E-state index in [1.54, 1.807) is 22.9 Å². The van der Waals surface area contributed by atoms with E-state index in [4.69, 9.17) is 10.5 Å². The quantitative estimate of drug-likeness (QED) is 0.577. The number of anilines is 1. The van der Waals surface area contributed by atoms with Crippen molar-refractivity contribution in [2.45, 2.75) is 26.9 Å². The van der Waals surface area contributed by atoms with Crippen LogP contribution in [0.2, 0.25) is 0 Å². The number of imidazole rings is 1. The second kappa shape index (κ2) is 8.54. The zero-order valence-electron chi connectivity index (χ0n) is 17.9. The first-order chi connectivity index (χ1) is 14.2. The lowest BCUT2D eigenvalue weighted by molar-refractivity contribution is 0.0995. The molecule has 3 aromatic rings. The van der Waals surface area contributed by atoms with Crippen molar-refractivity contribution in [2.24, 2.45) is 5.73 Å². The van der Waals surface area contributed by atoms with Gasteiger partial charge in [0.15, 0.2) is 0 Å². The molecule has 0 bridgehead atoms.